The van der Waals surface area contributed by atoms with E-state index in [1.54, 1.807) is 0 Å². The van der Waals surface area contributed by atoms with Crippen molar-refractivity contribution in [2.24, 2.45) is 0 Å². The van der Waals surface area contributed by atoms with Crippen molar-refractivity contribution in [3.63, 3.8) is 0 Å². The summed E-state index contributed by atoms with van der Waals surface area (Å²) in [5.41, 5.74) is 36.8. The molecule has 1 aromatic heterocycles. The van der Waals surface area contributed by atoms with Gasteiger partial charge in [-0.05, 0) is 262 Å². The van der Waals surface area contributed by atoms with Gasteiger partial charge in [-0.25, -0.2) is 0 Å². The highest BCUT2D eigenvalue weighted by Gasteiger charge is 2.20. The zero-order chi connectivity index (χ0) is 87.0. The molecule has 0 unspecified atom stereocenters. The van der Waals surface area contributed by atoms with Crippen LogP contribution in [0.15, 0.2) is 552 Å². The topological polar surface area (TPSA) is 9.72 Å². The second kappa shape index (κ2) is 38.8. The molecule has 0 N–H and O–H groups in total. The molecule has 0 fully saturated rings. The first-order chi connectivity index (χ1) is 64.4. The summed E-state index contributed by atoms with van der Waals surface area (Å²) in [6.07, 6.45) is 0. The fourth-order valence-corrected chi connectivity index (χ4v) is 18.4. The number of rotatable bonds is 20. The third kappa shape index (κ3) is 18.6. The number of nitrogens with zero attached hydrogens (tertiary/aromatic N) is 3. The summed E-state index contributed by atoms with van der Waals surface area (Å²) in [5, 5.41) is 2.61. The van der Waals surface area contributed by atoms with Crippen LogP contribution in [0.2, 0.25) is 0 Å². The van der Waals surface area contributed by atoms with Crippen molar-refractivity contribution in [3.8, 4) is 122 Å². The van der Waals surface area contributed by atoms with E-state index in [1.165, 1.54) is 143 Å². The lowest BCUT2D eigenvalue weighted by Crippen LogP contribution is -2.09. The van der Waals surface area contributed by atoms with Crippen molar-refractivity contribution in [2.75, 3.05) is 14.7 Å². The minimum atomic E-state index is 1.11. The summed E-state index contributed by atoms with van der Waals surface area (Å²) in [6.45, 7) is 0. The van der Waals surface area contributed by atoms with Crippen molar-refractivity contribution < 1.29 is 0 Å². The van der Waals surface area contributed by atoms with Gasteiger partial charge in [-0.3, -0.25) is 0 Å². The first-order valence-corrected chi connectivity index (χ1v) is 45.1. The fourth-order valence-electron chi connectivity index (χ4n) is 17.3. The minimum Gasteiger partial charge on any atom is -0.311 e. The van der Waals surface area contributed by atoms with E-state index in [1.807, 2.05) is 11.3 Å². The quantitative estimate of drug-likeness (QED) is 0.0753. The Morgan fingerprint density at radius 2 is 0.254 bits per heavy atom. The molecule has 0 atom stereocenters. The number of benzene rings is 21. The average molecular weight is 1680 g/mol. The normalized spacial score (nSPS) is 10.9. The molecule has 0 saturated heterocycles. The maximum absolute atomic E-state index is 2.36. The van der Waals surface area contributed by atoms with E-state index in [0.717, 1.165) is 51.2 Å². The first-order valence-electron chi connectivity index (χ1n) is 44.3. The van der Waals surface area contributed by atoms with Crippen LogP contribution in [0.3, 0.4) is 0 Å². The maximum Gasteiger partial charge on any atom is 0.0468 e. The Morgan fingerprint density at radius 1 is 0.100 bits per heavy atom. The van der Waals surface area contributed by atoms with Crippen LogP contribution in [-0.4, -0.2) is 0 Å². The molecule has 0 bridgehead atoms. The van der Waals surface area contributed by atoms with Gasteiger partial charge in [-0.2, -0.15) is 0 Å². The van der Waals surface area contributed by atoms with Crippen LogP contribution < -0.4 is 14.7 Å². The molecule has 0 radical (unpaired) electrons. The van der Waals surface area contributed by atoms with E-state index in [4.69, 9.17) is 0 Å². The van der Waals surface area contributed by atoms with Crippen LogP contribution in [0, 0.1) is 0 Å². The van der Waals surface area contributed by atoms with E-state index in [0.29, 0.717) is 0 Å². The van der Waals surface area contributed by atoms with Gasteiger partial charge in [0.15, 0.2) is 0 Å². The summed E-state index contributed by atoms with van der Waals surface area (Å²) in [5.74, 6) is 0. The maximum atomic E-state index is 2.36. The van der Waals surface area contributed by atoms with Gasteiger partial charge in [0.1, 0.15) is 0 Å². The molecule has 0 aliphatic rings. The molecular weight excluding hydrogens is 1590 g/mol. The molecule has 0 aliphatic heterocycles. The second-order valence-corrected chi connectivity index (χ2v) is 33.4. The number of hydrogen-bond acceptors (Lipinski definition) is 4. The summed E-state index contributed by atoms with van der Waals surface area (Å²) in [6, 6.07) is 197. The highest BCUT2D eigenvalue weighted by molar-refractivity contribution is 7.25. The number of anilines is 9. The lowest BCUT2D eigenvalue weighted by atomic mass is 9.98. The second-order valence-electron chi connectivity index (χ2n) is 32.3. The molecule has 0 amide bonds. The minimum absolute atomic E-state index is 1.11. The van der Waals surface area contributed by atoms with Crippen LogP contribution in [0.25, 0.3) is 143 Å². The van der Waals surface area contributed by atoms with E-state index >= 15 is 0 Å². The van der Waals surface area contributed by atoms with E-state index in [9.17, 15) is 0 Å². The lowest BCUT2D eigenvalue weighted by Gasteiger charge is -2.26. The first kappa shape index (κ1) is 81.6. The molecule has 4 heteroatoms. The molecule has 616 valence electrons. The van der Waals surface area contributed by atoms with Gasteiger partial charge in [0.2, 0.25) is 0 Å². The van der Waals surface area contributed by atoms with Crippen molar-refractivity contribution >= 4 is 82.7 Å². The molecule has 130 heavy (non-hydrogen) atoms. The monoisotopic (exact) mass is 1680 g/mol. The molecule has 0 spiro atoms. The number of fused-ring (bicyclic) bond motifs is 3. The third-order valence-corrected chi connectivity index (χ3v) is 25.2. The van der Waals surface area contributed by atoms with Crippen LogP contribution in [0.4, 0.5) is 51.2 Å². The van der Waals surface area contributed by atoms with Crippen LogP contribution in [-0.2, 0) is 0 Å². The molecule has 0 aliphatic carbocycles. The number of thiophene rings is 1. The molecule has 1 heterocycles. The van der Waals surface area contributed by atoms with Gasteiger partial charge in [0.25, 0.3) is 0 Å². The largest absolute Gasteiger partial charge is 0.311 e. The summed E-state index contributed by atoms with van der Waals surface area (Å²) in [4.78, 5) is 7.02. The zero-order valence-corrected chi connectivity index (χ0v) is 72.6. The van der Waals surface area contributed by atoms with Gasteiger partial charge >= 0.3 is 0 Å². The Hall–Kier alpha value is -16.8. The summed E-state index contributed by atoms with van der Waals surface area (Å²) >= 11 is 1.85. The van der Waals surface area contributed by atoms with Crippen molar-refractivity contribution in [3.05, 3.63) is 552 Å². The highest BCUT2D eigenvalue weighted by Crippen LogP contribution is 2.45. The van der Waals surface area contributed by atoms with E-state index in [-0.39, 0.29) is 0 Å². The Bertz CT molecular complexity index is 7160. The Kier molecular flexibility index (Phi) is 24.3. The summed E-state index contributed by atoms with van der Waals surface area (Å²) < 4.78 is 2.64. The van der Waals surface area contributed by atoms with Crippen molar-refractivity contribution in [2.45, 2.75) is 0 Å². The van der Waals surface area contributed by atoms with E-state index in [2.05, 4.69) is 567 Å². The molecular formula is C126H91N3S. The summed E-state index contributed by atoms with van der Waals surface area (Å²) in [7, 11) is 0. The van der Waals surface area contributed by atoms with Gasteiger partial charge in [-0.1, -0.05) is 413 Å². The van der Waals surface area contributed by atoms with Gasteiger partial charge < -0.3 is 14.7 Å². The van der Waals surface area contributed by atoms with Gasteiger partial charge in [-0.15, -0.1) is 11.3 Å². The van der Waals surface area contributed by atoms with Crippen LogP contribution >= 0.6 is 11.3 Å². The third-order valence-electron chi connectivity index (χ3n) is 24.1. The standard InChI is InChI=1S/C48H35N.C42H31N.C36H25NS/c1-4-12-36(13-5-1)39-22-28-46(29-23-39)49(47-30-24-40(25-31-47)44-20-10-18-42(34-44)37-14-6-2-7-15-37)48-32-26-41(27-33-48)45-21-11-19-43(35-45)38-16-8-3-9-17-38;1-4-11-32(12-5-1)35-19-25-40(26-20-35)43(41-27-21-36(22-28-41)33-13-6-2-7-14-33)42-29-23-37(24-30-42)39-18-10-17-38(31-39)34-15-8-3-9-16-34;1-3-9-26(10-4-1)28-15-19-30(20-16-28)37(31-21-17-29(18-22-31)27-11-5-2-6-12-27)32-23-24-36-34(25-32)33-13-7-8-14-35(33)38-36/h1-35H;1-31H;1-25H. The van der Waals surface area contributed by atoms with Gasteiger partial charge in [0, 0.05) is 71.4 Å². The van der Waals surface area contributed by atoms with Crippen LogP contribution in [0.5, 0.6) is 0 Å². The molecule has 21 aromatic carbocycles. The van der Waals surface area contributed by atoms with Crippen molar-refractivity contribution in [1.82, 2.24) is 0 Å². The molecule has 3 nitrogen and oxygen atoms in total. The Morgan fingerprint density at radius 3 is 0.477 bits per heavy atom. The highest BCUT2D eigenvalue weighted by atomic mass is 32.1. The van der Waals surface area contributed by atoms with Gasteiger partial charge in [0.05, 0.1) is 0 Å². The smallest absolute Gasteiger partial charge is 0.0468 e. The SMILES string of the molecule is c1ccc(-c2ccc(N(c3ccc(-c4cccc(-c5ccccc5)c4)cc3)c3ccc(-c4cccc(-c5ccccc5)c4)cc3)cc2)cc1.c1ccc(-c2ccc(N(c3ccc(-c4ccccc4)cc3)c3ccc(-c4cccc(-c5ccccc5)c4)cc3)cc2)cc1.c1ccc(-c2ccc(N(c3ccc(-c4ccccc4)cc3)c3ccc4sc5ccccc5c4c3)cc2)cc1. The molecule has 22 aromatic rings. The van der Waals surface area contributed by atoms with Crippen molar-refractivity contribution in [1.29, 1.82) is 0 Å². The zero-order valence-electron chi connectivity index (χ0n) is 71.8. The van der Waals surface area contributed by atoms with Crippen LogP contribution in [0.1, 0.15) is 0 Å². The molecule has 0 saturated carbocycles. The molecule has 22 rings (SSSR count). The predicted octanol–water partition coefficient (Wildman–Crippen LogP) is 36.2. The fraction of sp³-hybridized carbons (Fsp3) is 0. The lowest BCUT2D eigenvalue weighted by molar-refractivity contribution is 1.28. The Balaban J connectivity index is 0.000000123. The van der Waals surface area contributed by atoms with E-state index < -0.39 is 0 Å². The Labute approximate surface area is 766 Å². The predicted molar refractivity (Wildman–Crippen MR) is 556 cm³/mol. The number of hydrogen-bond donors (Lipinski definition) is 0. The average Bonchev–Trinajstić information content (AvgIpc) is 1.53.